The number of nitrogens with one attached hydrogen (secondary N) is 1. The lowest BCUT2D eigenvalue weighted by atomic mass is 9.96. The van der Waals surface area contributed by atoms with Crippen LogP contribution in [0.5, 0.6) is 0 Å². The molecule has 1 amide bonds. The molecule has 1 fully saturated rings. The van der Waals surface area contributed by atoms with Crippen LogP contribution in [0.4, 0.5) is 0 Å². The van der Waals surface area contributed by atoms with Gasteiger partial charge in [-0.2, -0.15) is 0 Å². The van der Waals surface area contributed by atoms with Gasteiger partial charge < -0.3 is 29.0 Å². The van der Waals surface area contributed by atoms with Crippen molar-refractivity contribution >= 4 is 29.8 Å². The van der Waals surface area contributed by atoms with Crippen LogP contribution in [0.15, 0.2) is 30.3 Å². The van der Waals surface area contributed by atoms with Gasteiger partial charge in [-0.1, -0.05) is 18.2 Å². The standard InChI is InChI=1S/C21H25NO10/c1-11(23)22-17-19(30-14(4)26)18(29-13(3)25)16(10-28-12(2)24)31-21(17)32-20(27)15-8-6-5-7-9-15/h5-9,16-19,21H,10H2,1-4H3,(H,22,23)/t16-,17-,18+,19-,21+/m0/s1. The van der Waals surface area contributed by atoms with Crippen LogP contribution in [-0.4, -0.2) is 67.0 Å². The van der Waals surface area contributed by atoms with E-state index in [1.165, 1.54) is 26.0 Å². The molecule has 1 heterocycles. The Morgan fingerprint density at radius 1 is 0.844 bits per heavy atom. The van der Waals surface area contributed by atoms with Crippen LogP contribution in [0.3, 0.4) is 0 Å². The summed E-state index contributed by atoms with van der Waals surface area (Å²) >= 11 is 0. The van der Waals surface area contributed by atoms with Crippen molar-refractivity contribution in [3.05, 3.63) is 35.9 Å². The van der Waals surface area contributed by atoms with Crippen molar-refractivity contribution in [2.24, 2.45) is 0 Å². The number of ether oxygens (including phenoxy) is 5. The molecule has 0 unspecified atom stereocenters. The average molecular weight is 451 g/mol. The Balaban J connectivity index is 2.42. The maximum absolute atomic E-state index is 12.6. The Labute approximate surface area is 184 Å². The van der Waals surface area contributed by atoms with Gasteiger partial charge in [-0.25, -0.2) is 4.79 Å². The Bertz CT molecular complexity index is 855. The summed E-state index contributed by atoms with van der Waals surface area (Å²) in [5.41, 5.74) is 0.209. The maximum atomic E-state index is 12.6. The summed E-state index contributed by atoms with van der Waals surface area (Å²) in [7, 11) is 0. The van der Waals surface area contributed by atoms with Crippen molar-refractivity contribution in [1.29, 1.82) is 0 Å². The van der Waals surface area contributed by atoms with Crippen molar-refractivity contribution in [3.63, 3.8) is 0 Å². The van der Waals surface area contributed by atoms with E-state index in [9.17, 15) is 24.0 Å². The molecule has 11 nitrogen and oxygen atoms in total. The molecule has 11 heteroatoms. The van der Waals surface area contributed by atoms with Gasteiger partial charge in [0.1, 0.15) is 18.8 Å². The highest BCUT2D eigenvalue weighted by atomic mass is 16.7. The van der Waals surface area contributed by atoms with Gasteiger partial charge >= 0.3 is 23.9 Å². The van der Waals surface area contributed by atoms with Crippen molar-refractivity contribution in [3.8, 4) is 0 Å². The van der Waals surface area contributed by atoms with Crippen molar-refractivity contribution < 1.29 is 47.7 Å². The first-order valence-corrected chi connectivity index (χ1v) is 9.75. The first kappa shape index (κ1) is 24.8. The Kier molecular flexibility index (Phi) is 8.71. The second-order valence-electron chi connectivity index (χ2n) is 6.99. The molecule has 1 aliphatic rings. The van der Waals surface area contributed by atoms with E-state index in [2.05, 4.69) is 5.32 Å². The van der Waals surface area contributed by atoms with E-state index < -0.39 is 67.0 Å². The first-order chi connectivity index (χ1) is 15.1. The highest BCUT2D eigenvalue weighted by Gasteiger charge is 2.52. The smallest absolute Gasteiger partial charge is 0.340 e. The van der Waals surface area contributed by atoms with Gasteiger partial charge in [-0.05, 0) is 12.1 Å². The molecule has 0 spiro atoms. The quantitative estimate of drug-likeness (QED) is 0.460. The van der Waals surface area contributed by atoms with E-state index in [1.54, 1.807) is 18.2 Å². The molecule has 5 atom stereocenters. The molecule has 2 rings (SSSR count). The molecule has 0 aromatic heterocycles. The predicted molar refractivity (Wildman–Crippen MR) is 106 cm³/mol. The van der Waals surface area contributed by atoms with E-state index in [1.807, 2.05) is 0 Å². The number of hydrogen-bond acceptors (Lipinski definition) is 10. The first-order valence-electron chi connectivity index (χ1n) is 9.75. The fraction of sp³-hybridized carbons (Fsp3) is 0.476. The van der Waals surface area contributed by atoms with Gasteiger partial charge in [-0.3, -0.25) is 19.2 Å². The number of benzene rings is 1. The number of carbonyl (C=O) groups is 5. The number of amides is 1. The molecule has 1 saturated heterocycles. The SMILES string of the molecule is CC(=O)N[C@@H]1[C@@H](OC(=O)c2ccccc2)O[C@@H](COC(C)=O)[C@@H](OC(C)=O)[C@H]1OC(C)=O. The molecule has 0 saturated carbocycles. The minimum atomic E-state index is -1.46. The zero-order chi connectivity index (χ0) is 23.8. The molecule has 174 valence electrons. The lowest BCUT2D eigenvalue weighted by Crippen LogP contribution is -2.66. The van der Waals surface area contributed by atoms with Gasteiger partial charge in [0.2, 0.25) is 12.2 Å². The Hall–Kier alpha value is -3.47. The highest BCUT2D eigenvalue weighted by Crippen LogP contribution is 2.28. The molecule has 0 bridgehead atoms. The summed E-state index contributed by atoms with van der Waals surface area (Å²) in [5.74, 6) is -3.43. The lowest BCUT2D eigenvalue weighted by molar-refractivity contribution is -0.263. The summed E-state index contributed by atoms with van der Waals surface area (Å²) in [6, 6.07) is 6.78. The van der Waals surface area contributed by atoms with Crippen LogP contribution >= 0.6 is 0 Å². The van der Waals surface area contributed by atoms with Gasteiger partial charge in [0.25, 0.3) is 0 Å². The Morgan fingerprint density at radius 2 is 1.44 bits per heavy atom. The van der Waals surface area contributed by atoms with Gasteiger partial charge in [0, 0.05) is 27.7 Å². The number of rotatable bonds is 7. The minimum absolute atomic E-state index is 0.209. The van der Waals surface area contributed by atoms with Crippen LogP contribution in [0.1, 0.15) is 38.1 Å². The zero-order valence-corrected chi connectivity index (χ0v) is 18.1. The largest absolute Gasteiger partial charge is 0.463 e. The summed E-state index contributed by atoms with van der Waals surface area (Å²) in [6.07, 6.45) is -5.18. The molecule has 0 radical (unpaired) electrons. The molecule has 1 aliphatic heterocycles. The summed E-state index contributed by atoms with van der Waals surface area (Å²) in [4.78, 5) is 59.3. The third-order valence-electron chi connectivity index (χ3n) is 4.30. The maximum Gasteiger partial charge on any atom is 0.340 e. The molecule has 0 aliphatic carbocycles. The van der Waals surface area contributed by atoms with Crippen LogP contribution < -0.4 is 5.32 Å². The summed E-state index contributed by atoms with van der Waals surface area (Å²) in [6.45, 7) is 4.23. The van der Waals surface area contributed by atoms with Crippen molar-refractivity contribution in [2.75, 3.05) is 6.61 Å². The fourth-order valence-electron chi connectivity index (χ4n) is 3.14. The number of esters is 4. The number of hydrogen-bond donors (Lipinski definition) is 1. The van der Waals surface area contributed by atoms with Gasteiger partial charge in [0.15, 0.2) is 12.2 Å². The van der Waals surface area contributed by atoms with Crippen molar-refractivity contribution in [1.82, 2.24) is 5.32 Å². The van der Waals surface area contributed by atoms with Crippen LogP contribution in [-0.2, 0) is 42.9 Å². The second kappa shape index (κ2) is 11.2. The van der Waals surface area contributed by atoms with E-state index >= 15 is 0 Å². The average Bonchev–Trinajstić information content (AvgIpc) is 2.70. The van der Waals surface area contributed by atoms with E-state index in [0.29, 0.717) is 0 Å². The van der Waals surface area contributed by atoms with Crippen molar-refractivity contribution in [2.45, 2.75) is 58.3 Å². The normalized spacial score (nSPS) is 24.6. The molecule has 1 aromatic rings. The summed E-state index contributed by atoms with van der Waals surface area (Å²) in [5, 5.41) is 2.52. The lowest BCUT2D eigenvalue weighted by Gasteiger charge is -2.44. The van der Waals surface area contributed by atoms with E-state index in [-0.39, 0.29) is 5.56 Å². The molecule has 1 N–H and O–H groups in total. The van der Waals surface area contributed by atoms with Gasteiger partial charge in [-0.15, -0.1) is 0 Å². The van der Waals surface area contributed by atoms with E-state index in [4.69, 9.17) is 23.7 Å². The summed E-state index contributed by atoms with van der Waals surface area (Å²) < 4.78 is 26.8. The van der Waals surface area contributed by atoms with Gasteiger partial charge in [0.05, 0.1) is 5.56 Å². The predicted octanol–water partition coefficient (Wildman–Crippen LogP) is 0.499. The zero-order valence-electron chi connectivity index (χ0n) is 18.1. The molecular weight excluding hydrogens is 426 g/mol. The monoisotopic (exact) mass is 451 g/mol. The number of carbonyl (C=O) groups excluding carboxylic acids is 5. The fourth-order valence-corrected chi connectivity index (χ4v) is 3.14. The van der Waals surface area contributed by atoms with E-state index in [0.717, 1.165) is 13.8 Å². The topological polar surface area (TPSA) is 144 Å². The minimum Gasteiger partial charge on any atom is -0.463 e. The third-order valence-corrected chi connectivity index (χ3v) is 4.30. The van der Waals surface area contributed by atoms with Crippen LogP contribution in [0.2, 0.25) is 0 Å². The highest BCUT2D eigenvalue weighted by molar-refractivity contribution is 5.89. The second-order valence-corrected chi connectivity index (χ2v) is 6.99. The molecule has 1 aromatic carbocycles. The third kappa shape index (κ3) is 7.05. The molecular formula is C21H25NO10. The van der Waals surface area contributed by atoms with Crippen LogP contribution in [0.25, 0.3) is 0 Å². The molecule has 32 heavy (non-hydrogen) atoms. The van der Waals surface area contributed by atoms with Crippen LogP contribution in [0, 0.1) is 0 Å². The Morgan fingerprint density at radius 3 is 1.97 bits per heavy atom.